The van der Waals surface area contributed by atoms with Gasteiger partial charge in [-0.3, -0.25) is 0 Å². The van der Waals surface area contributed by atoms with Crippen LogP contribution in [0.4, 0.5) is 4.39 Å². The van der Waals surface area contributed by atoms with E-state index < -0.39 is 0 Å². The second-order valence-electron chi connectivity index (χ2n) is 4.99. The van der Waals surface area contributed by atoms with Crippen molar-refractivity contribution in [1.82, 2.24) is 0 Å². The summed E-state index contributed by atoms with van der Waals surface area (Å²) in [4.78, 5) is 1.08. The number of thiophene rings is 1. The Labute approximate surface area is 127 Å². The van der Waals surface area contributed by atoms with Crippen LogP contribution in [0.2, 0.25) is 0 Å². The Morgan fingerprint density at radius 3 is 2.62 bits per heavy atom. The molecule has 3 rings (SSSR count). The zero-order valence-corrected chi connectivity index (χ0v) is 12.5. The zero-order valence-electron chi connectivity index (χ0n) is 11.7. The maximum atomic E-state index is 13.2. The lowest BCUT2D eigenvalue weighted by molar-refractivity contribution is 0.414. The van der Waals surface area contributed by atoms with E-state index >= 15 is 0 Å². The fraction of sp³-hybridized carbons (Fsp3) is 0.176. The molecule has 0 radical (unpaired) electrons. The summed E-state index contributed by atoms with van der Waals surface area (Å²) >= 11 is 1.56. The highest BCUT2D eigenvalue weighted by Gasteiger charge is 2.11. The molecule has 1 atom stereocenters. The molecule has 0 bridgehead atoms. The number of benzene rings is 2. The second kappa shape index (κ2) is 5.84. The molecule has 0 aliphatic carbocycles. The molecule has 0 fully saturated rings. The smallest absolute Gasteiger partial charge is 0.124 e. The van der Waals surface area contributed by atoms with Crippen molar-refractivity contribution in [2.75, 3.05) is 7.11 Å². The van der Waals surface area contributed by atoms with Crippen LogP contribution in [-0.4, -0.2) is 7.11 Å². The Morgan fingerprint density at radius 2 is 1.90 bits per heavy atom. The normalized spacial score (nSPS) is 12.5. The van der Waals surface area contributed by atoms with Gasteiger partial charge in [0.2, 0.25) is 0 Å². The molecule has 3 aromatic rings. The van der Waals surface area contributed by atoms with Gasteiger partial charge in [-0.1, -0.05) is 18.2 Å². The summed E-state index contributed by atoms with van der Waals surface area (Å²) in [6.07, 6.45) is 0.749. The van der Waals surface area contributed by atoms with Crippen molar-refractivity contribution in [2.24, 2.45) is 5.73 Å². The molecule has 21 heavy (non-hydrogen) atoms. The minimum Gasteiger partial charge on any atom is -0.497 e. The first-order chi connectivity index (χ1) is 10.2. The molecule has 0 aliphatic rings. The number of hydrogen-bond donors (Lipinski definition) is 1. The molecule has 0 aliphatic heterocycles. The van der Waals surface area contributed by atoms with E-state index in [1.165, 1.54) is 6.07 Å². The zero-order chi connectivity index (χ0) is 14.8. The van der Waals surface area contributed by atoms with Crippen LogP contribution < -0.4 is 10.5 Å². The molecule has 2 N–H and O–H groups in total. The third kappa shape index (κ3) is 3.06. The first kappa shape index (κ1) is 14.0. The largest absolute Gasteiger partial charge is 0.497 e. The first-order valence-electron chi connectivity index (χ1n) is 6.73. The lowest BCUT2D eigenvalue weighted by atomic mass is 10.0. The Morgan fingerprint density at radius 1 is 1.14 bits per heavy atom. The van der Waals surface area contributed by atoms with Crippen LogP contribution in [0.1, 0.15) is 16.5 Å². The summed E-state index contributed by atoms with van der Waals surface area (Å²) in [5.41, 5.74) is 7.44. The minimum atomic E-state index is -0.209. The number of ether oxygens (including phenoxy) is 1. The molecule has 4 heteroatoms. The Bertz CT molecular complexity index is 751. The molecule has 0 saturated carbocycles. The number of rotatable bonds is 4. The summed E-state index contributed by atoms with van der Waals surface area (Å²) in [6.45, 7) is 0. The van der Waals surface area contributed by atoms with Gasteiger partial charge in [0.05, 0.1) is 7.11 Å². The van der Waals surface area contributed by atoms with Crippen LogP contribution in [0.3, 0.4) is 0 Å². The number of nitrogens with two attached hydrogens (primary N) is 1. The molecule has 1 aromatic heterocycles. The van der Waals surface area contributed by atoms with Gasteiger partial charge in [-0.05, 0) is 47.7 Å². The lowest BCUT2D eigenvalue weighted by Gasteiger charge is -2.10. The van der Waals surface area contributed by atoms with Gasteiger partial charge >= 0.3 is 0 Å². The Balaban J connectivity index is 1.80. The maximum absolute atomic E-state index is 13.2. The van der Waals surface area contributed by atoms with E-state index in [1.54, 1.807) is 30.6 Å². The van der Waals surface area contributed by atoms with Gasteiger partial charge < -0.3 is 10.5 Å². The summed E-state index contributed by atoms with van der Waals surface area (Å²) in [7, 11) is 1.65. The van der Waals surface area contributed by atoms with Crippen molar-refractivity contribution in [1.29, 1.82) is 0 Å². The van der Waals surface area contributed by atoms with Crippen molar-refractivity contribution < 1.29 is 9.13 Å². The van der Waals surface area contributed by atoms with Gasteiger partial charge in [-0.2, -0.15) is 0 Å². The van der Waals surface area contributed by atoms with E-state index in [9.17, 15) is 4.39 Å². The van der Waals surface area contributed by atoms with Crippen molar-refractivity contribution in [3.05, 3.63) is 64.8 Å². The van der Waals surface area contributed by atoms with Crippen LogP contribution in [0.25, 0.3) is 10.1 Å². The quantitative estimate of drug-likeness (QED) is 0.780. The SMILES string of the molecule is COc1ccc(CC(N)c2cc3ccc(F)cc3s2)cc1. The third-order valence-corrected chi connectivity index (χ3v) is 4.71. The molecule has 108 valence electrons. The van der Waals surface area contributed by atoms with Crippen LogP contribution in [0.15, 0.2) is 48.5 Å². The predicted octanol–water partition coefficient (Wildman–Crippen LogP) is 4.29. The van der Waals surface area contributed by atoms with Gasteiger partial charge in [0.25, 0.3) is 0 Å². The highest BCUT2D eigenvalue weighted by atomic mass is 32.1. The average molecular weight is 301 g/mol. The van der Waals surface area contributed by atoms with E-state index in [4.69, 9.17) is 10.5 Å². The van der Waals surface area contributed by atoms with Crippen molar-refractivity contribution in [2.45, 2.75) is 12.5 Å². The van der Waals surface area contributed by atoms with Crippen LogP contribution in [0.5, 0.6) is 5.75 Å². The molecule has 1 heterocycles. The molecule has 0 saturated heterocycles. The highest BCUT2D eigenvalue weighted by molar-refractivity contribution is 7.19. The van der Waals surface area contributed by atoms with Gasteiger partial charge in [-0.25, -0.2) is 4.39 Å². The van der Waals surface area contributed by atoms with E-state index in [0.29, 0.717) is 0 Å². The number of halogens is 1. The third-order valence-electron chi connectivity index (χ3n) is 3.48. The van der Waals surface area contributed by atoms with Crippen molar-refractivity contribution in [3.63, 3.8) is 0 Å². The minimum absolute atomic E-state index is 0.0844. The maximum Gasteiger partial charge on any atom is 0.124 e. The molecule has 0 spiro atoms. The molecular weight excluding hydrogens is 285 g/mol. The second-order valence-corrected chi connectivity index (χ2v) is 6.10. The lowest BCUT2D eigenvalue weighted by Crippen LogP contribution is -2.11. The summed E-state index contributed by atoms with van der Waals surface area (Å²) in [6, 6.07) is 14.7. The molecule has 0 amide bonds. The Hall–Kier alpha value is -1.91. The molecular formula is C17H16FNOS. The number of methoxy groups -OCH3 is 1. The van der Waals surface area contributed by atoms with Crippen LogP contribution >= 0.6 is 11.3 Å². The van der Waals surface area contributed by atoms with Crippen LogP contribution in [-0.2, 0) is 6.42 Å². The predicted molar refractivity (Wildman–Crippen MR) is 85.4 cm³/mol. The average Bonchev–Trinajstić information content (AvgIpc) is 2.91. The van der Waals surface area contributed by atoms with Crippen LogP contribution in [0, 0.1) is 5.82 Å². The van der Waals surface area contributed by atoms with E-state index in [-0.39, 0.29) is 11.9 Å². The fourth-order valence-corrected chi connectivity index (χ4v) is 3.42. The van der Waals surface area contributed by atoms with E-state index in [1.807, 2.05) is 30.3 Å². The monoisotopic (exact) mass is 301 g/mol. The van der Waals surface area contributed by atoms with Crippen molar-refractivity contribution >= 4 is 21.4 Å². The van der Waals surface area contributed by atoms with Gasteiger partial charge in [0.1, 0.15) is 11.6 Å². The van der Waals surface area contributed by atoms with E-state index in [2.05, 4.69) is 0 Å². The summed E-state index contributed by atoms with van der Waals surface area (Å²) < 4.78 is 19.3. The summed E-state index contributed by atoms with van der Waals surface area (Å²) in [5, 5.41) is 1.04. The topological polar surface area (TPSA) is 35.2 Å². The van der Waals surface area contributed by atoms with Gasteiger partial charge in [-0.15, -0.1) is 11.3 Å². The molecule has 2 nitrogen and oxygen atoms in total. The first-order valence-corrected chi connectivity index (χ1v) is 7.55. The van der Waals surface area contributed by atoms with Crippen molar-refractivity contribution in [3.8, 4) is 5.75 Å². The molecule has 1 unspecified atom stereocenters. The van der Waals surface area contributed by atoms with Gasteiger partial charge in [0.15, 0.2) is 0 Å². The van der Waals surface area contributed by atoms with E-state index in [0.717, 1.165) is 32.7 Å². The summed E-state index contributed by atoms with van der Waals surface area (Å²) in [5.74, 6) is 0.629. The van der Waals surface area contributed by atoms with Gasteiger partial charge in [0, 0.05) is 15.6 Å². The number of fused-ring (bicyclic) bond motifs is 1. The highest BCUT2D eigenvalue weighted by Crippen LogP contribution is 2.31. The number of hydrogen-bond acceptors (Lipinski definition) is 3. The molecule has 2 aromatic carbocycles. The Kier molecular flexibility index (Phi) is 3.90. The fourth-order valence-electron chi connectivity index (χ4n) is 2.32. The standard InChI is InChI=1S/C17H16FNOS/c1-20-14-6-2-11(3-7-14)8-15(19)17-9-12-4-5-13(18)10-16(12)21-17/h2-7,9-10,15H,8,19H2,1H3.